The zero-order valence-corrected chi connectivity index (χ0v) is 15.4. The third-order valence-electron chi connectivity index (χ3n) is 5.50. The third kappa shape index (κ3) is 3.73. The van der Waals surface area contributed by atoms with Crippen LogP contribution in [0.3, 0.4) is 0 Å². The Morgan fingerprint density at radius 3 is 2.65 bits per heavy atom. The highest BCUT2D eigenvalue weighted by molar-refractivity contribution is 7.18. The maximum atomic E-state index is 12.4. The number of benzene rings is 1. The second-order valence-corrected chi connectivity index (χ2v) is 8.47. The number of nitrogens with one attached hydrogen (secondary N) is 1. The first-order valence-corrected chi connectivity index (χ1v) is 9.98. The van der Waals surface area contributed by atoms with Crippen LogP contribution in [0.15, 0.2) is 24.3 Å². The van der Waals surface area contributed by atoms with Crippen molar-refractivity contribution in [3.05, 3.63) is 29.3 Å². The number of amides is 1. The summed E-state index contributed by atoms with van der Waals surface area (Å²) in [6.07, 6.45) is 3.26. The molecule has 1 saturated heterocycles. The smallest absolute Gasteiger partial charge is 0.317 e. The van der Waals surface area contributed by atoms with Crippen LogP contribution in [0.25, 0.3) is 10.2 Å². The molecule has 2 aliphatic rings. The van der Waals surface area contributed by atoms with Gasteiger partial charge in [-0.1, -0.05) is 12.1 Å². The summed E-state index contributed by atoms with van der Waals surface area (Å²) in [6.45, 7) is 1.64. The number of rotatable bonds is 6. The molecule has 2 bridgehead atoms. The molecule has 1 aromatic carbocycles. The number of nitrogens with zero attached hydrogens (tertiary/aromatic N) is 2. The zero-order valence-electron chi connectivity index (χ0n) is 14.6. The number of hydrogen-bond acceptors (Lipinski definition) is 5. The van der Waals surface area contributed by atoms with Gasteiger partial charge in [-0.25, -0.2) is 4.98 Å². The standard InChI is InChI=1S/C19H23N3O3S/c23-16(7-8-17-20-14-3-1-2-4-15(14)26-17)21-19-12-5-6-13(19)10-22(9-12)11-18(24)25/h1-4,12-13,19H,5-11H2,(H,21,23)(H,24,25)/t12-,13+,19?. The fourth-order valence-corrected chi connectivity index (χ4v) is 5.35. The molecule has 1 amide bonds. The number of piperidine rings is 1. The Hall–Kier alpha value is -1.99. The number of carboxylic acid groups (broad SMARTS) is 1. The lowest BCUT2D eigenvalue weighted by molar-refractivity contribution is -0.139. The number of hydrogen-bond donors (Lipinski definition) is 2. The lowest BCUT2D eigenvalue weighted by Crippen LogP contribution is -2.53. The van der Waals surface area contributed by atoms with Crippen LogP contribution in [-0.2, 0) is 16.0 Å². The van der Waals surface area contributed by atoms with Gasteiger partial charge in [0.2, 0.25) is 5.91 Å². The van der Waals surface area contributed by atoms with Gasteiger partial charge in [0.05, 0.1) is 21.8 Å². The van der Waals surface area contributed by atoms with E-state index >= 15 is 0 Å². The predicted octanol–water partition coefficient (Wildman–Crippen LogP) is 2.14. The molecule has 1 unspecified atom stereocenters. The number of aryl methyl sites for hydroxylation is 1. The molecule has 1 aromatic heterocycles. The molecule has 2 fully saturated rings. The maximum Gasteiger partial charge on any atom is 0.317 e. The fourth-order valence-electron chi connectivity index (χ4n) is 4.38. The third-order valence-corrected chi connectivity index (χ3v) is 6.60. The molecule has 1 aliphatic carbocycles. The van der Waals surface area contributed by atoms with Crippen LogP contribution in [0.2, 0.25) is 0 Å². The van der Waals surface area contributed by atoms with E-state index in [1.165, 1.54) is 0 Å². The van der Waals surface area contributed by atoms with Crippen molar-refractivity contribution in [2.24, 2.45) is 11.8 Å². The molecular weight excluding hydrogens is 350 g/mol. The minimum absolute atomic E-state index is 0.0813. The van der Waals surface area contributed by atoms with Gasteiger partial charge >= 0.3 is 5.97 Å². The van der Waals surface area contributed by atoms with Crippen LogP contribution in [0.5, 0.6) is 0 Å². The number of para-hydroxylation sites is 1. The van der Waals surface area contributed by atoms with Gasteiger partial charge in [-0.15, -0.1) is 11.3 Å². The average molecular weight is 373 g/mol. The number of carbonyl (C=O) groups excluding carboxylic acids is 1. The summed E-state index contributed by atoms with van der Waals surface area (Å²) >= 11 is 1.65. The van der Waals surface area contributed by atoms with Gasteiger partial charge in [-0.2, -0.15) is 0 Å². The van der Waals surface area contributed by atoms with E-state index in [1.54, 1.807) is 11.3 Å². The monoisotopic (exact) mass is 373 g/mol. The Morgan fingerprint density at radius 2 is 1.96 bits per heavy atom. The molecule has 2 heterocycles. The minimum atomic E-state index is -0.775. The van der Waals surface area contributed by atoms with Crippen molar-refractivity contribution in [1.82, 2.24) is 15.2 Å². The molecule has 6 nitrogen and oxygen atoms in total. The van der Waals surface area contributed by atoms with E-state index in [0.717, 1.165) is 41.2 Å². The number of aromatic nitrogens is 1. The molecule has 7 heteroatoms. The molecule has 2 N–H and O–H groups in total. The molecule has 1 aliphatic heterocycles. The molecule has 0 spiro atoms. The summed E-state index contributed by atoms with van der Waals surface area (Å²) in [7, 11) is 0. The summed E-state index contributed by atoms with van der Waals surface area (Å²) in [6, 6.07) is 8.23. The Labute approximate surface area is 156 Å². The normalized spacial score (nSPS) is 25.5. The van der Waals surface area contributed by atoms with Crippen molar-refractivity contribution in [3.63, 3.8) is 0 Å². The van der Waals surface area contributed by atoms with Gasteiger partial charge in [0, 0.05) is 32.0 Å². The lowest BCUT2D eigenvalue weighted by Gasteiger charge is -2.37. The highest BCUT2D eigenvalue weighted by Gasteiger charge is 2.42. The first-order chi connectivity index (χ1) is 12.6. The van der Waals surface area contributed by atoms with E-state index in [4.69, 9.17) is 5.11 Å². The van der Waals surface area contributed by atoms with E-state index in [-0.39, 0.29) is 18.5 Å². The first-order valence-electron chi connectivity index (χ1n) is 9.16. The summed E-state index contributed by atoms with van der Waals surface area (Å²) in [5.41, 5.74) is 0.997. The van der Waals surface area contributed by atoms with Crippen LogP contribution in [-0.4, -0.2) is 52.5 Å². The van der Waals surface area contributed by atoms with Crippen LogP contribution in [0.4, 0.5) is 0 Å². The molecule has 2 aromatic rings. The molecule has 4 rings (SSSR count). The Kier molecular flexibility index (Phi) is 4.91. The Balaban J connectivity index is 1.30. The largest absolute Gasteiger partial charge is 0.480 e. The summed E-state index contributed by atoms with van der Waals surface area (Å²) in [5.74, 6) is 0.0552. The molecule has 26 heavy (non-hydrogen) atoms. The van der Waals surface area contributed by atoms with Crippen molar-refractivity contribution >= 4 is 33.4 Å². The molecule has 1 saturated carbocycles. The van der Waals surface area contributed by atoms with Gasteiger partial charge in [0.15, 0.2) is 0 Å². The van der Waals surface area contributed by atoms with E-state index in [1.807, 2.05) is 23.1 Å². The van der Waals surface area contributed by atoms with Gasteiger partial charge in [-0.3, -0.25) is 14.5 Å². The van der Waals surface area contributed by atoms with Crippen LogP contribution < -0.4 is 5.32 Å². The molecule has 138 valence electrons. The summed E-state index contributed by atoms with van der Waals surface area (Å²) in [5, 5.41) is 13.2. The lowest BCUT2D eigenvalue weighted by atomic mass is 9.92. The summed E-state index contributed by atoms with van der Waals surface area (Å²) in [4.78, 5) is 30.0. The van der Waals surface area contributed by atoms with Crippen LogP contribution in [0.1, 0.15) is 24.3 Å². The minimum Gasteiger partial charge on any atom is -0.480 e. The predicted molar refractivity (Wildman–Crippen MR) is 100 cm³/mol. The number of likely N-dealkylation sites (tertiary alicyclic amines) is 1. The fraction of sp³-hybridized carbons (Fsp3) is 0.526. The van der Waals surface area contributed by atoms with Gasteiger partial charge in [0.25, 0.3) is 0 Å². The quantitative estimate of drug-likeness (QED) is 0.811. The van der Waals surface area contributed by atoms with Gasteiger partial charge < -0.3 is 10.4 Å². The van der Waals surface area contributed by atoms with Crippen molar-refractivity contribution in [2.75, 3.05) is 19.6 Å². The van der Waals surface area contributed by atoms with Crippen LogP contribution in [0, 0.1) is 11.8 Å². The second-order valence-electron chi connectivity index (χ2n) is 7.35. The van der Waals surface area contributed by atoms with Crippen molar-refractivity contribution in [3.8, 4) is 0 Å². The molecule has 3 atom stereocenters. The van der Waals surface area contributed by atoms with Crippen LogP contribution >= 0.6 is 11.3 Å². The number of carboxylic acids is 1. The first kappa shape index (κ1) is 17.4. The maximum absolute atomic E-state index is 12.4. The highest BCUT2D eigenvalue weighted by Crippen LogP contribution is 2.37. The Bertz CT molecular complexity index is 774. The van der Waals surface area contributed by atoms with Crippen molar-refractivity contribution in [1.29, 1.82) is 0 Å². The molecule has 0 radical (unpaired) electrons. The van der Waals surface area contributed by atoms with Crippen molar-refractivity contribution < 1.29 is 14.7 Å². The number of thiazole rings is 1. The number of carbonyl (C=O) groups is 2. The Morgan fingerprint density at radius 1 is 1.23 bits per heavy atom. The van der Waals surface area contributed by atoms with Gasteiger partial charge in [0.1, 0.15) is 0 Å². The SMILES string of the molecule is O=C(O)CN1C[C@H]2CC[C@@H](C1)C2NC(=O)CCc1nc2ccccc2s1. The van der Waals surface area contributed by atoms with E-state index < -0.39 is 5.97 Å². The topological polar surface area (TPSA) is 82.5 Å². The van der Waals surface area contributed by atoms with E-state index in [9.17, 15) is 9.59 Å². The number of aliphatic carboxylic acids is 1. The highest BCUT2D eigenvalue weighted by atomic mass is 32.1. The van der Waals surface area contributed by atoms with E-state index in [2.05, 4.69) is 16.4 Å². The van der Waals surface area contributed by atoms with Gasteiger partial charge in [-0.05, 0) is 36.8 Å². The second kappa shape index (κ2) is 7.32. The zero-order chi connectivity index (χ0) is 18.1. The number of fused-ring (bicyclic) bond motifs is 3. The van der Waals surface area contributed by atoms with Crippen molar-refractivity contribution in [2.45, 2.75) is 31.7 Å². The van der Waals surface area contributed by atoms with E-state index in [0.29, 0.717) is 24.7 Å². The average Bonchev–Trinajstić information content (AvgIpc) is 3.11. The summed E-state index contributed by atoms with van der Waals surface area (Å²) < 4.78 is 1.16. The molecular formula is C19H23N3O3S.